The van der Waals surface area contributed by atoms with Crippen molar-refractivity contribution in [2.45, 2.75) is 76.9 Å². The lowest BCUT2D eigenvalue weighted by molar-refractivity contribution is -0.0650. The maximum Gasteiger partial charge on any atom is 0.0801 e. The smallest absolute Gasteiger partial charge is 0.0801 e. The lowest BCUT2D eigenvalue weighted by Gasteiger charge is -2.32. The Bertz CT molecular complexity index is 211. The van der Waals surface area contributed by atoms with E-state index in [-0.39, 0.29) is 6.10 Å². The third-order valence-electron chi connectivity index (χ3n) is 4.71. The monoisotopic (exact) mass is 240 g/mol. The van der Waals surface area contributed by atoms with Crippen LogP contribution < -0.4 is 0 Å². The van der Waals surface area contributed by atoms with Crippen LogP contribution in [0.2, 0.25) is 0 Å². The maximum atomic E-state index is 10.2. The minimum atomic E-state index is -0.218. The summed E-state index contributed by atoms with van der Waals surface area (Å²) in [6.45, 7) is 2.86. The molecule has 0 amide bonds. The number of hydrogen-bond donors (Lipinski definition) is 1. The zero-order valence-corrected chi connectivity index (χ0v) is 11.2. The van der Waals surface area contributed by atoms with Crippen molar-refractivity contribution in [1.82, 2.24) is 0 Å². The molecule has 2 aliphatic carbocycles. The molecule has 0 radical (unpaired) electrons. The molecule has 0 aliphatic heterocycles. The predicted molar refractivity (Wildman–Crippen MR) is 70.0 cm³/mol. The standard InChI is InChI=1S/C15H28O2/c1-12-7-5-6-10-15(12)17-11-14(16)13-8-3-2-4-9-13/h12-16H,2-11H2,1H3. The first kappa shape index (κ1) is 13.4. The van der Waals surface area contributed by atoms with E-state index < -0.39 is 0 Å². The lowest BCUT2D eigenvalue weighted by atomic mass is 9.85. The summed E-state index contributed by atoms with van der Waals surface area (Å²) in [6, 6.07) is 0. The van der Waals surface area contributed by atoms with Gasteiger partial charge in [-0.1, -0.05) is 39.0 Å². The van der Waals surface area contributed by atoms with Crippen molar-refractivity contribution in [1.29, 1.82) is 0 Å². The summed E-state index contributed by atoms with van der Waals surface area (Å²) < 4.78 is 5.96. The molecule has 0 aromatic carbocycles. The fourth-order valence-electron chi connectivity index (χ4n) is 3.41. The van der Waals surface area contributed by atoms with Crippen LogP contribution in [0.15, 0.2) is 0 Å². The molecule has 0 aromatic rings. The van der Waals surface area contributed by atoms with Crippen LogP contribution >= 0.6 is 0 Å². The van der Waals surface area contributed by atoms with Gasteiger partial charge in [-0.15, -0.1) is 0 Å². The molecule has 2 nitrogen and oxygen atoms in total. The highest BCUT2D eigenvalue weighted by molar-refractivity contribution is 4.76. The first-order valence-corrected chi connectivity index (χ1v) is 7.57. The van der Waals surface area contributed by atoms with Gasteiger partial charge in [-0.05, 0) is 37.5 Å². The Balaban J connectivity index is 1.69. The van der Waals surface area contributed by atoms with Gasteiger partial charge in [0.1, 0.15) is 0 Å². The summed E-state index contributed by atoms with van der Waals surface area (Å²) in [7, 11) is 0. The topological polar surface area (TPSA) is 29.5 Å². The van der Waals surface area contributed by atoms with Crippen molar-refractivity contribution in [3.63, 3.8) is 0 Å². The van der Waals surface area contributed by atoms with E-state index in [1.807, 2.05) is 0 Å². The van der Waals surface area contributed by atoms with Crippen molar-refractivity contribution in [3.05, 3.63) is 0 Å². The number of aliphatic hydroxyl groups excluding tert-OH is 1. The zero-order valence-electron chi connectivity index (χ0n) is 11.2. The van der Waals surface area contributed by atoms with Gasteiger partial charge in [0, 0.05) is 0 Å². The quantitative estimate of drug-likeness (QED) is 0.814. The van der Waals surface area contributed by atoms with Gasteiger partial charge in [0.25, 0.3) is 0 Å². The molecule has 0 bridgehead atoms. The summed E-state index contributed by atoms with van der Waals surface area (Å²) in [4.78, 5) is 0. The largest absolute Gasteiger partial charge is 0.390 e. The van der Waals surface area contributed by atoms with E-state index in [2.05, 4.69) is 6.92 Å². The van der Waals surface area contributed by atoms with Crippen LogP contribution in [0, 0.1) is 11.8 Å². The number of ether oxygens (including phenoxy) is 1. The summed E-state index contributed by atoms with van der Waals surface area (Å²) in [5.74, 6) is 1.19. The van der Waals surface area contributed by atoms with Crippen molar-refractivity contribution in [2.24, 2.45) is 11.8 Å². The fourth-order valence-corrected chi connectivity index (χ4v) is 3.41. The molecular weight excluding hydrogens is 212 g/mol. The van der Waals surface area contributed by atoms with Crippen molar-refractivity contribution in [3.8, 4) is 0 Å². The normalized spacial score (nSPS) is 33.5. The third kappa shape index (κ3) is 3.96. The van der Waals surface area contributed by atoms with E-state index >= 15 is 0 Å². The molecule has 2 saturated carbocycles. The van der Waals surface area contributed by atoms with Gasteiger partial charge in [-0.25, -0.2) is 0 Å². The minimum absolute atomic E-state index is 0.218. The van der Waals surface area contributed by atoms with Crippen LogP contribution in [-0.4, -0.2) is 23.9 Å². The van der Waals surface area contributed by atoms with Gasteiger partial charge in [0.15, 0.2) is 0 Å². The van der Waals surface area contributed by atoms with Gasteiger partial charge in [-0.3, -0.25) is 0 Å². The highest BCUT2D eigenvalue weighted by atomic mass is 16.5. The highest BCUT2D eigenvalue weighted by Crippen LogP contribution is 2.29. The van der Waals surface area contributed by atoms with Crippen molar-refractivity contribution in [2.75, 3.05) is 6.61 Å². The van der Waals surface area contributed by atoms with E-state index in [1.54, 1.807) is 0 Å². The third-order valence-corrected chi connectivity index (χ3v) is 4.71. The molecule has 3 atom stereocenters. The molecule has 1 N–H and O–H groups in total. The van der Waals surface area contributed by atoms with Crippen LogP contribution in [0.25, 0.3) is 0 Å². The molecule has 0 aromatic heterocycles. The number of rotatable bonds is 4. The fraction of sp³-hybridized carbons (Fsp3) is 1.00. The Morgan fingerprint density at radius 1 is 1.00 bits per heavy atom. The van der Waals surface area contributed by atoms with E-state index in [0.717, 1.165) is 0 Å². The Morgan fingerprint density at radius 3 is 2.35 bits per heavy atom. The number of aliphatic hydroxyl groups is 1. The molecule has 0 heterocycles. The Kier molecular flexibility index (Phi) is 5.30. The van der Waals surface area contributed by atoms with Crippen LogP contribution in [0.3, 0.4) is 0 Å². The van der Waals surface area contributed by atoms with E-state index in [4.69, 9.17) is 4.74 Å². The molecule has 3 unspecified atom stereocenters. The van der Waals surface area contributed by atoms with E-state index in [1.165, 1.54) is 57.8 Å². The van der Waals surface area contributed by atoms with Gasteiger partial charge < -0.3 is 9.84 Å². The molecule has 2 rings (SSSR count). The lowest BCUT2D eigenvalue weighted by Crippen LogP contribution is -2.33. The second-order valence-electron chi connectivity index (χ2n) is 6.10. The van der Waals surface area contributed by atoms with E-state index in [0.29, 0.717) is 24.5 Å². The van der Waals surface area contributed by atoms with Crippen LogP contribution in [0.5, 0.6) is 0 Å². The summed E-state index contributed by atoms with van der Waals surface area (Å²) in [5.41, 5.74) is 0. The molecule has 0 saturated heterocycles. The average molecular weight is 240 g/mol. The first-order chi connectivity index (χ1) is 8.27. The highest BCUT2D eigenvalue weighted by Gasteiger charge is 2.26. The second-order valence-corrected chi connectivity index (χ2v) is 6.10. The van der Waals surface area contributed by atoms with Crippen molar-refractivity contribution < 1.29 is 9.84 Å². The average Bonchev–Trinajstić information content (AvgIpc) is 2.38. The molecule has 2 heteroatoms. The summed E-state index contributed by atoms with van der Waals surface area (Å²) in [5, 5.41) is 10.2. The molecule has 17 heavy (non-hydrogen) atoms. The van der Waals surface area contributed by atoms with Gasteiger partial charge >= 0.3 is 0 Å². The number of hydrogen-bond acceptors (Lipinski definition) is 2. The Labute approximate surface area is 106 Å². The summed E-state index contributed by atoms with van der Waals surface area (Å²) >= 11 is 0. The van der Waals surface area contributed by atoms with Gasteiger partial charge in [-0.2, -0.15) is 0 Å². The molecule has 0 spiro atoms. The van der Waals surface area contributed by atoms with E-state index in [9.17, 15) is 5.11 Å². The van der Waals surface area contributed by atoms with Gasteiger partial charge in [0.05, 0.1) is 18.8 Å². The zero-order chi connectivity index (χ0) is 12.1. The van der Waals surface area contributed by atoms with Crippen LogP contribution in [-0.2, 0) is 4.74 Å². The van der Waals surface area contributed by atoms with Gasteiger partial charge in [0.2, 0.25) is 0 Å². The first-order valence-electron chi connectivity index (χ1n) is 7.57. The second kappa shape index (κ2) is 6.75. The minimum Gasteiger partial charge on any atom is -0.390 e. The Morgan fingerprint density at radius 2 is 1.65 bits per heavy atom. The van der Waals surface area contributed by atoms with Crippen LogP contribution in [0.4, 0.5) is 0 Å². The Hall–Kier alpha value is -0.0800. The molecule has 100 valence electrons. The SMILES string of the molecule is CC1CCCCC1OCC(O)C1CCCCC1. The molecule has 2 aliphatic rings. The summed E-state index contributed by atoms with van der Waals surface area (Å²) in [6.07, 6.45) is 11.7. The van der Waals surface area contributed by atoms with Crippen LogP contribution in [0.1, 0.15) is 64.7 Å². The maximum absolute atomic E-state index is 10.2. The van der Waals surface area contributed by atoms with Crippen molar-refractivity contribution >= 4 is 0 Å². The molecular formula is C15H28O2. The molecule has 2 fully saturated rings. The predicted octanol–water partition coefficient (Wildman–Crippen LogP) is 3.52.